The van der Waals surface area contributed by atoms with E-state index in [4.69, 9.17) is 9.84 Å². The minimum Gasteiger partial charge on any atom is -0.481 e. The number of ether oxygens (including phenoxy) is 1. The van der Waals surface area contributed by atoms with Crippen LogP contribution in [0.5, 0.6) is 0 Å². The van der Waals surface area contributed by atoms with E-state index in [0.717, 1.165) is 6.54 Å². The van der Waals surface area contributed by atoms with Crippen LogP contribution in [0.3, 0.4) is 0 Å². The van der Waals surface area contributed by atoms with Crippen LogP contribution in [0.15, 0.2) is 0 Å². The Morgan fingerprint density at radius 1 is 1.59 bits per heavy atom. The molecule has 0 aromatic heterocycles. The first-order valence-electron chi connectivity index (χ1n) is 5.91. The lowest BCUT2D eigenvalue weighted by molar-refractivity contribution is -0.137. The van der Waals surface area contributed by atoms with Crippen molar-refractivity contribution in [1.29, 1.82) is 0 Å². The Morgan fingerprint density at radius 2 is 2.35 bits per heavy atom. The van der Waals surface area contributed by atoms with Crippen LogP contribution in [0.25, 0.3) is 0 Å². The fraction of sp³-hybridized carbons (Fsp3) is 0.818. The molecule has 1 heterocycles. The fourth-order valence-electron chi connectivity index (χ4n) is 1.59. The second-order valence-electron chi connectivity index (χ2n) is 4.35. The molecule has 0 bridgehead atoms. The van der Waals surface area contributed by atoms with E-state index in [1.807, 2.05) is 6.92 Å². The quantitative estimate of drug-likeness (QED) is 0.591. The number of aliphatic carboxylic acids is 1. The summed E-state index contributed by atoms with van der Waals surface area (Å²) < 4.78 is 5.30. The standard InChI is InChI=1S/C11H20N2O4/c1-8(2-3-10(14)15)6-13-11(16)9-7-12-4-5-17-9/h8-9,12H,2-7H2,1H3,(H,13,16)(H,14,15). The van der Waals surface area contributed by atoms with E-state index in [1.165, 1.54) is 0 Å². The van der Waals surface area contributed by atoms with Crippen LogP contribution >= 0.6 is 0 Å². The predicted octanol–water partition coefficient (Wildman–Crippen LogP) is -0.408. The molecule has 0 aliphatic carbocycles. The molecule has 3 N–H and O–H groups in total. The molecule has 98 valence electrons. The number of hydrogen-bond donors (Lipinski definition) is 3. The molecule has 1 aliphatic heterocycles. The molecule has 6 heteroatoms. The van der Waals surface area contributed by atoms with Gasteiger partial charge in [0.2, 0.25) is 5.91 Å². The molecule has 0 aromatic rings. The lowest BCUT2D eigenvalue weighted by Gasteiger charge is -2.23. The third-order valence-electron chi connectivity index (χ3n) is 2.70. The molecule has 1 amide bonds. The Balaban J connectivity index is 2.15. The van der Waals surface area contributed by atoms with Gasteiger partial charge in [0.1, 0.15) is 6.10 Å². The van der Waals surface area contributed by atoms with Crippen LogP contribution in [0.2, 0.25) is 0 Å². The number of morpholine rings is 1. The predicted molar refractivity (Wildman–Crippen MR) is 61.7 cm³/mol. The summed E-state index contributed by atoms with van der Waals surface area (Å²) in [7, 11) is 0. The maximum Gasteiger partial charge on any atom is 0.303 e. The first-order chi connectivity index (χ1) is 8.09. The van der Waals surface area contributed by atoms with E-state index in [2.05, 4.69) is 10.6 Å². The van der Waals surface area contributed by atoms with E-state index in [-0.39, 0.29) is 18.2 Å². The number of carbonyl (C=O) groups excluding carboxylic acids is 1. The fourth-order valence-corrected chi connectivity index (χ4v) is 1.59. The van der Waals surface area contributed by atoms with Gasteiger partial charge in [-0.2, -0.15) is 0 Å². The molecule has 0 radical (unpaired) electrons. The van der Waals surface area contributed by atoms with Gasteiger partial charge < -0.3 is 20.5 Å². The van der Waals surface area contributed by atoms with Crippen molar-refractivity contribution < 1.29 is 19.4 Å². The Morgan fingerprint density at radius 3 is 2.94 bits per heavy atom. The molecule has 2 atom stereocenters. The second kappa shape index (κ2) is 7.24. The molecule has 2 unspecified atom stereocenters. The molecule has 1 aliphatic rings. The highest BCUT2D eigenvalue weighted by Crippen LogP contribution is 2.04. The van der Waals surface area contributed by atoms with Gasteiger partial charge in [0.25, 0.3) is 0 Å². The monoisotopic (exact) mass is 244 g/mol. The van der Waals surface area contributed by atoms with Crippen LogP contribution in [0.1, 0.15) is 19.8 Å². The Kier molecular flexibility index (Phi) is 5.93. The van der Waals surface area contributed by atoms with Crippen LogP contribution in [0, 0.1) is 5.92 Å². The maximum absolute atomic E-state index is 11.6. The molecule has 1 saturated heterocycles. The Labute approximate surface area is 101 Å². The summed E-state index contributed by atoms with van der Waals surface area (Å²) in [6.07, 6.45) is 0.285. The first kappa shape index (κ1) is 13.9. The van der Waals surface area contributed by atoms with Gasteiger partial charge in [-0.1, -0.05) is 6.92 Å². The second-order valence-corrected chi connectivity index (χ2v) is 4.35. The molecule has 0 aromatic carbocycles. The lowest BCUT2D eigenvalue weighted by atomic mass is 10.1. The highest BCUT2D eigenvalue weighted by atomic mass is 16.5. The highest BCUT2D eigenvalue weighted by Gasteiger charge is 2.21. The van der Waals surface area contributed by atoms with Gasteiger partial charge in [0.15, 0.2) is 0 Å². The maximum atomic E-state index is 11.6. The third kappa shape index (κ3) is 5.65. The van der Waals surface area contributed by atoms with Gasteiger partial charge in [-0.15, -0.1) is 0 Å². The van der Waals surface area contributed by atoms with Crippen LogP contribution < -0.4 is 10.6 Å². The van der Waals surface area contributed by atoms with Crippen molar-refractivity contribution >= 4 is 11.9 Å². The van der Waals surface area contributed by atoms with Gasteiger partial charge in [0.05, 0.1) is 6.61 Å². The summed E-state index contributed by atoms with van der Waals surface area (Å²) in [6, 6.07) is 0. The van der Waals surface area contributed by atoms with Gasteiger partial charge in [-0.3, -0.25) is 9.59 Å². The minimum atomic E-state index is -0.803. The molecule has 0 spiro atoms. The topological polar surface area (TPSA) is 87.7 Å². The number of carboxylic acid groups (broad SMARTS) is 1. The Bertz CT molecular complexity index is 264. The largest absolute Gasteiger partial charge is 0.481 e. The minimum absolute atomic E-state index is 0.126. The van der Waals surface area contributed by atoms with Crippen molar-refractivity contribution in [2.24, 2.45) is 5.92 Å². The van der Waals surface area contributed by atoms with Crippen LogP contribution in [-0.4, -0.2) is 49.3 Å². The molecule has 1 rings (SSSR count). The average molecular weight is 244 g/mol. The van der Waals surface area contributed by atoms with Crippen molar-refractivity contribution in [3.8, 4) is 0 Å². The molecule has 0 saturated carbocycles. The molecule has 17 heavy (non-hydrogen) atoms. The summed E-state index contributed by atoms with van der Waals surface area (Å²) in [4.78, 5) is 22.0. The number of carbonyl (C=O) groups is 2. The molecule has 1 fully saturated rings. The van der Waals surface area contributed by atoms with E-state index >= 15 is 0 Å². The zero-order valence-corrected chi connectivity index (χ0v) is 10.1. The first-order valence-corrected chi connectivity index (χ1v) is 5.91. The third-order valence-corrected chi connectivity index (χ3v) is 2.70. The zero-order chi connectivity index (χ0) is 12.7. The smallest absolute Gasteiger partial charge is 0.303 e. The van der Waals surface area contributed by atoms with E-state index in [1.54, 1.807) is 0 Å². The van der Waals surface area contributed by atoms with Gasteiger partial charge >= 0.3 is 5.97 Å². The summed E-state index contributed by atoms with van der Waals surface area (Å²) in [5.41, 5.74) is 0. The number of rotatable bonds is 6. The Hall–Kier alpha value is -1.14. The number of hydrogen-bond acceptors (Lipinski definition) is 4. The SMILES string of the molecule is CC(CCC(=O)O)CNC(=O)C1CNCCO1. The average Bonchev–Trinajstić information content (AvgIpc) is 2.34. The number of nitrogens with one attached hydrogen (secondary N) is 2. The van der Waals surface area contributed by atoms with Crippen molar-refractivity contribution in [3.05, 3.63) is 0 Å². The zero-order valence-electron chi connectivity index (χ0n) is 10.1. The molecular weight excluding hydrogens is 224 g/mol. The van der Waals surface area contributed by atoms with Crippen LogP contribution in [0.4, 0.5) is 0 Å². The summed E-state index contributed by atoms with van der Waals surface area (Å²) in [5, 5.41) is 14.4. The number of carboxylic acids is 1. The summed E-state index contributed by atoms with van der Waals surface area (Å²) >= 11 is 0. The van der Waals surface area contributed by atoms with Crippen LogP contribution in [-0.2, 0) is 14.3 Å². The van der Waals surface area contributed by atoms with E-state index in [0.29, 0.717) is 26.1 Å². The van der Waals surface area contributed by atoms with Crippen molar-refractivity contribution in [2.75, 3.05) is 26.2 Å². The number of amides is 1. The summed E-state index contributed by atoms with van der Waals surface area (Å²) in [6.45, 7) is 4.27. The molecular formula is C11H20N2O4. The van der Waals surface area contributed by atoms with Gasteiger partial charge in [-0.05, 0) is 12.3 Å². The van der Waals surface area contributed by atoms with Crippen molar-refractivity contribution in [3.63, 3.8) is 0 Å². The van der Waals surface area contributed by atoms with Gasteiger partial charge in [0, 0.05) is 26.1 Å². The lowest BCUT2D eigenvalue weighted by Crippen LogP contribution is -2.48. The van der Waals surface area contributed by atoms with Crippen molar-refractivity contribution in [1.82, 2.24) is 10.6 Å². The molecule has 6 nitrogen and oxygen atoms in total. The van der Waals surface area contributed by atoms with Gasteiger partial charge in [-0.25, -0.2) is 0 Å². The van der Waals surface area contributed by atoms with E-state index in [9.17, 15) is 9.59 Å². The highest BCUT2D eigenvalue weighted by molar-refractivity contribution is 5.81. The summed E-state index contributed by atoms with van der Waals surface area (Å²) in [5.74, 6) is -0.769. The van der Waals surface area contributed by atoms with Crippen molar-refractivity contribution in [2.45, 2.75) is 25.9 Å². The normalized spacial score (nSPS) is 21.8. The van der Waals surface area contributed by atoms with E-state index < -0.39 is 12.1 Å².